The first kappa shape index (κ1) is 11.6. The van der Waals surface area contributed by atoms with E-state index in [4.69, 9.17) is 0 Å². The Balaban J connectivity index is 3.00. The predicted molar refractivity (Wildman–Crippen MR) is 52.1 cm³/mol. The Kier molecular flexibility index (Phi) is 2.41. The minimum absolute atomic E-state index is 0.0526. The predicted octanol–water partition coefficient (Wildman–Crippen LogP) is 2.39. The second-order valence-corrected chi connectivity index (χ2v) is 3.51. The van der Waals surface area contributed by atoms with E-state index in [1.807, 2.05) is 0 Å². The maximum Gasteiger partial charge on any atom is 0.432 e. The lowest BCUT2D eigenvalue weighted by Gasteiger charge is -2.10. The molecule has 0 radical (unpaired) electrons. The monoisotopic (exact) mass is 246 g/mol. The van der Waals surface area contributed by atoms with E-state index in [2.05, 4.69) is 4.98 Å². The molecule has 90 valence electrons. The van der Waals surface area contributed by atoms with E-state index in [0.717, 1.165) is 0 Å². The summed E-state index contributed by atoms with van der Waals surface area (Å²) in [5, 5.41) is -0.711. The van der Waals surface area contributed by atoms with Crippen molar-refractivity contribution in [1.29, 1.82) is 0 Å². The minimum Gasteiger partial charge on any atom is -0.301 e. The van der Waals surface area contributed by atoms with Gasteiger partial charge >= 0.3 is 11.9 Å². The highest BCUT2D eigenvalue weighted by Gasteiger charge is 2.35. The fourth-order valence-electron chi connectivity index (χ4n) is 1.52. The normalized spacial score (nSPS) is 12.1. The van der Waals surface area contributed by atoms with Crippen molar-refractivity contribution in [1.82, 2.24) is 9.97 Å². The van der Waals surface area contributed by atoms with E-state index in [1.165, 1.54) is 24.0 Å². The van der Waals surface area contributed by atoms with E-state index in [0.29, 0.717) is 0 Å². The molecule has 0 amide bonds. The number of hydrogen-bond acceptors (Lipinski definition) is 2. The summed E-state index contributed by atoms with van der Waals surface area (Å²) in [6, 6.07) is 2.45. The number of fused-ring (bicyclic) bond motifs is 1. The number of rotatable bonds is 0. The van der Waals surface area contributed by atoms with Crippen LogP contribution in [-0.2, 0) is 6.18 Å². The fourth-order valence-corrected chi connectivity index (χ4v) is 1.52. The molecule has 0 bridgehead atoms. The third-order valence-electron chi connectivity index (χ3n) is 2.30. The van der Waals surface area contributed by atoms with Crippen molar-refractivity contribution in [2.45, 2.75) is 13.1 Å². The van der Waals surface area contributed by atoms with Crippen LogP contribution in [0.3, 0.4) is 0 Å². The van der Waals surface area contributed by atoms with Crippen molar-refractivity contribution in [3.8, 4) is 0 Å². The maximum atomic E-state index is 13.7. The van der Waals surface area contributed by atoms with Gasteiger partial charge in [0.05, 0.1) is 10.9 Å². The van der Waals surface area contributed by atoms with E-state index in [9.17, 15) is 22.4 Å². The van der Waals surface area contributed by atoms with Gasteiger partial charge in [0.25, 0.3) is 0 Å². The first-order chi connectivity index (χ1) is 7.80. The van der Waals surface area contributed by atoms with Crippen LogP contribution in [0.4, 0.5) is 17.6 Å². The molecule has 17 heavy (non-hydrogen) atoms. The number of nitrogens with zero attached hydrogens (tertiary/aromatic N) is 1. The zero-order valence-corrected chi connectivity index (χ0v) is 8.52. The third-order valence-corrected chi connectivity index (χ3v) is 2.30. The molecule has 7 heteroatoms. The highest BCUT2D eigenvalue weighted by atomic mass is 19.4. The Morgan fingerprint density at radius 2 is 1.94 bits per heavy atom. The summed E-state index contributed by atoms with van der Waals surface area (Å²) < 4.78 is 51.6. The highest BCUT2D eigenvalue weighted by molar-refractivity contribution is 5.82. The fraction of sp³-hybridized carbons (Fsp3) is 0.200. The summed E-state index contributed by atoms with van der Waals surface area (Å²) in [4.78, 5) is 15.8. The summed E-state index contributed by atoms with van der Waals surface area (Å²) in [6.07, 6.45) is -4.84. The topological polar surface area (TPSA) is 45.8 Å². The van der Waals surface area contributed by atoms with Gasteiger partial charge in [-0.25, -0.2) is 9.18 Å². The molecule has 0 saturated heterocycles. The molecule has 1 aromatic heterocycles. The second kappa shape index (κ2) is 3.54. The van der Waals surface area contributed by atoms with Gasteiger partial charge in [0.2, 0.25) is 0 Å². The molecular formula is C10H6F4N2O. The summed E-state index contributed by atoms with van der Waals surface area (Å²) in [6.45, 7) is 1.33. The van der Waals surface area contributed by atoms with Crippen molar-refractivity contribution < 1.29 is 17.6 Å². The Labute approximate surface area is 92.1 Å². The van der Waals surface area contributed by atoms with Crippen molar-refractivity contribution in [3.05, 3.63) is 39.7 Å². The van der Waals surface area contributed by atoms with Crippen LogP contribution in [0.1, 0.15) is 11.3 Å². The molecule has 0 saturated carbocycles. The molecule has 1 heterocycles. The molecule has 3 nitrogen and oxygen atoms in total. The van der Waals surface area contributed by atoms with Crippen LogP contribution in [0, 0.1) is 12.7 Å². The van der Waals surface area contributed by atoms with Crippen LogP contribution >= 0.6 is 0 Å². The Hall–Kier alpha value is -1.92. The number of H-pyrrole nitrogens is 1. The summed E-state index contributed by atoms with van der Waals surface area (Å²) in [7, 11) is 0. The van der Waals surface area contributed by atoms with Gasteiger partial charge in [0.1, 0.15) is 11.5 Å². The Morgan fingerprint density at radius 3 is 2.53 bits per heavy atom. The Bertz CT molecular complexity index is 645. The molecule has 1 aromatic carbocycles. The first-order valence-corrected chi connectivity index (χ1v) is 4.57. The zero-order chi connectivity index (χ0) is 12.8. The van der Waals surface area contributed by atoms with E-state index < -0.39 is 28.8 Å². The highest BCUT2D eigenvalue weighted by Crippen LogP contribution is 2.33. The SMILES string of the molecule is Cc1ccc2nc(=O)[nH]c(C(F)(F)F)c2c1F. The first-order valence-electron chi connectivity index (χ1n) is 4.57. The number of hydrogen-bond donors (Lipinski definition) is 1. The van der Waals surface area contributed by atoms with Crippen molar-refractivity contribution in [2.75, 3.05) is 0 Å². The molecule has 0 atom stereocenters. The maximum absolute atomic E-state index is 13.7. The molecule has 0 unspecified atom stereocenters. The summed E-state index contributed by atoms with van der Waals surface area (Å²) in [5.41, 5.74) is -2.83. The number of halogens is 4. The van der Waals surface area contributed by atoms with Gasteiger partial charge in [-0.2, -0.15) is 18.2 Å². The molecule has 0 spiro atoms. The lowest BCUT2D eigenvalue weighted by molar-refractivity contribution is -0.140. The molecule has 2 rings (SSSR count). The third kappa shape index (κ3) is 1.88. The minimum atomic E-state index is -4.84. The van der Waals surface area contributed by atoms with Crippen LogP contribution in [0.5, 0.6) is 0 Å². The van der Waals surface area contributed by atoms with E-state index >= 15 is 0 Å². The number of nitrogens with one attached hydrogen (secondary N) is 1. The number of alkyl halides is 3. The van der Waals surface area contributed by atoms with Gasteiger partial charge in [-0.15, -0.1) is 0 Å². The Morgan fingerprint density at radius 1 is 1.29 bits per heavy atom. The molecule has 0 fully saturated rings. The smallest absolute Gasteiger partial charge is 0.301 e. The average molecular weight is 246 g/mol. The molecule has 0 aliphatic carbocycles. The van der Waals surface area contributed by atoms with Crippen LogP contribution in [0.25, 0.3) is 10.9 Å². The zero-order valence-electron chi connectivity index (χ0n) is 8.52. The molecule has 0 aliphatic rings. The molecular weight excluding hydrogens is 240 g/mol. The van der Waals surface area contributed by atoms with E-state index in [-0.39, 0.29) is 11.1 Å². The van der Waals surface area contributed by atoms with Crippen LogP contribution < -0.4 is 5.69 Å². The van der Waals surface area contributed by atoms with Crippen LogP contribution in [0.2, 0.25) is 0 Å². The molecule has 0 aliphatic heterocycles. The molecule has 1 N–H and O–H groups in total. The number of aromatic nitrogens is 2. The number of aromatic amines is 1. The van der Waals surface area contributed by atoms with E-state index in [1.54, 1.807) is 0 Å². The lowest BCUT2D eigenvalue weighted by atomic mass is 10.1. The van der Waals surface area contributed by atoms with Gasteiger partial charge in [-0.1, -0.05) is 6.07 Å². The largest absolute Gasteiger partial charge is 0.432 e. The van der Waals surface area contributed by atoms with Gasteiger partial charge in [-0.05, 0) is 18.6 Å². The standard InChI is InChI=1S/C10H6F4N2O/c1-4-2-3-5-6(7(4)11)8(10(12,13)14)16-9(17)15-5/h2-3H,1H3,(H,15,16,17). The number of benzene rings is 1. The van der Waals surface area contributed by atoms with Gasteiger partial charge in [-0.3, -0.25) is 0 Å². The van der Waals surface area contributed by atoms with Gasteiger partial charge in [0, 0.05) is 0 Å². The molecule has 2 aromatic rings. The van der Waals surface area contributed by atoms with Crippen LogP contribution in [-0.4, -0.2) is 9.97 Å². The number of aryl methyl sites for hydroxylation is 1. The lowest BCUT2D eigenvalue weighted by Crippen LogP contribution is -2.20. The van der Waals surface area contributed by atoms with Crippen molar-refractivity contribution in [2.24, 2.45) is 0 Å². The summed E-state index contributed by atoms with van der Waals surface area (Å²) >= 11 is 0. The average Bonchev–Trinajstić information content (AvgIpc) is 2.21. The summed E-state index contributed by atoms with van der Waals surface area (Å²) in [5.74, 6) is -1.03. The van der Waals surface area contributed by atoms with Crippen molar-refractivity contribution in [3.63, 3.8) is 0 Å². The van der Waals surface area contributed by atoms with Gasteiger partial charge < -0.3 is 4.98 Å². The quantitative estimate of drug-likeness (QED) is 0.725. The van der Waals surface area contributed by atoms with Crippen molar-refractivity contribution >= 4 is 10.9 Å². The second-order valence-electron chi connectivity index (χ2n) is 3.51. The van der Waals surface area contributed by atoms with Crippen LogP contribution in [0.15, 0.2) is 16.9 Å². The van der Waals surface area contributed by atoms with Gasteiger partial charge in [0.15, 0.2) is 0 Å².